The summed E-state index contributed by atoms with van der Waals surface area (Å²) in [5.41, 5.74) is 0. The van der Waals surface area contributed by atoms with E-state index in [0.29, 0.717) is 11.5 Å². The summed E-state index contributed by atoms with van der Waals surface area (Å²) in [5, 5.41) is 52.3. The van der Waals surface area contributed by atoms with Gasteiger partial charge in [-0.15, -0.1) is 20.4 Å². The number of rotatable bonds is 12. The van der Waals surface area contributed by atoms with Gasteiger partial charge in [-0.05, 0) is 31.4 Å². The predicted octanol–water partition coefficient (Wildman–Crippen LogP) is 1.73. The van der Waals surface area contributed by atoms with Crippen molar-refractivity contribution in [2.45, 2.75) is 29.6 Å². The van der Waals surface area contributed by atoms with Crippen molar-refractivity contribution in [1.29, 1.82) is 0 Å². The molecule has 0 aliphatic carbocycles. The zero-order valence-electron chi connectivity index (χ0n) is 12.4. The van der Waals surface area contributed by atoms with Crippen LogP contribution in [0.2, 0.25) is 0 Å². The second-order valence-corrected chi connectivity index (χ2v) is 13.1. The van der Waals surface area contributed by atoms with Crippen molar-refractivity contribution in [3.05, 3.63) is 0 Å². The first-order valence-corrected chi connectivity index (χ1v) is 13.7. The Morgan fingerprint density at radius 3 is 1.52 bits per heavy atom. The van der Waals surface area contributed by atoms with Crippen LogP contribution in [0.4, 0.5) is 0 Å². The molecule has 0 saturated heterocycles. The molecule has 0 aromatic carbocycles. The molecule has 2 aromatic rings. The van der Waals surface area contributed by atoms with Crippen molar-refractivity contribution in [3.8, 4) is 0 Å². The first-order chi connectivity index (χ1) is 12.1. The Morgan fingerprint density at radius 1 is 0.720 bits per heavy atom. The molecule has 0 spiro atoms. The molecule has 2 rings (SSSR count). The summed E-state index contributed by atoms with van der Waals surface area (Å²) in [6.07, 6.45) is -1.50. The van der Waals surface area contributed by atoms with Crippen LogP contribution in [0.25, 0.3) is 0 Å². The highest BCUT2D eigenvalue weighted by molar-refractivity contribution is 9.09. The third kappa shape index (κ3) is 8.50. The number of aliphatic hydroxyl groups is 4. The molecule has 0 amide bonds. The van der Waals surface area contributed by atoms with Crippen LogP contribution >= 0.6 is 77.6 Å². The number of aromatic nitrogens is 4. The minimum Gasteiger partial charge on any atom is -0.394 e. The van der Waals surface area contributed by atoms with Crippen LogP contribution in [0.5, 0.6) is 0 Å². The van der Waals surface area contributed by atoms with E-state index in [1.807, 2.05) is 0 Å². The lowest BCUT2D eigenvalue weighted by atomic mass is 10.4. The van der Waals surface area contributed by atoms with Gasteiger partial charge in [-0.25, -0.2) is 0 Å². The Balaban J connectivity index is 1.69. The first kappa shape index (κ1) is 22.0. The molecule has 4 N–H and O–H groups in total. The van der Waals surface area contributed by atoms with Crippen LogP contribution in [0.1, 0.15) is 0 Å². The Hall–Kier alpha value is 0.710. The highest BCUT2D eigenvalue weighted by Crippen LogP contribution is 2.47. The maximum Gasteiger partial charge on any atom is 0.186 e. The van der Waals surface area contributed by atoms with Gasteiger partial charge in [-0.2, -0.15) is 0 Å². The van der Waals surface area contributed by atoms with Gasteiger partial charge in [0.1, 0.15) is 0 Å². The van der Waals surface area contributed by atoms with Gasteiger partial charge in [0.15, 0.2) is 17.4 Å². The fourth-order valence-corrected chi connectivity index (χ4v) is 9.63. The topological polar surface area (TPSA) is 132 Å². The zero-order valence-corrected chi connectivity index (χ0v) is 18.1. The lowest BCUT2D eigenvalue weighted by Gasteiger charge is -2.02. The Labute approximate surface area is 171 Å². The molecule has 15 heteroatoms. The molecule has 0 aliphatic heterocycles. The van der Waals surface area contributed by atoms with E-state index in [-0.39, 0.29) is 13.2 Å². The SMILES string of the molecule is OCC(O)CSc1nnc(SSSc2nnc(SCC(O)CO)s2)s1. The van der Waals surface area contributed by atoms with Gasteiger partial charge in [0, 0.05) is 11.5 Å². The van der Waals surface area contributed by atoms with Gasteiger partial charge in [-0.1, -0.05) is 46.2 Å². The Kier molecular flexibility index (Phi) is 10.8. The lowest BCUT2D eigenvalue weighted by molar-refractivity contribution is 0.113. The largest absolute Gasteiger partial charge is 0.394 e. The zero-order chi connectivity index (χ0) is 18.1. The van der Waals surface area contributed by atoms with Crippen molar-refractivity contribution in [1.82, 2.24) is 20.4 Å². The fraction of sp³-hybridized carbons (Fsp3) is 0.600. The molecule has 0 aliphatic rings. The summed E-state index contributed by atoms with van der Waals surface area (Å²) in [6.45, 7) is -0.526. The molecule has 8 nitrogen and oxygen atoms in total. The van der Waals surface area contributed by atoms with Crippen molar-refractivity contribution in [2.75, 3.05) is 24.7 Å². The summed E-state index contributed by atoms with van der Waals surface area (Å²) in [4.78, 5) is 0. The molecule has 0 bridgehead atoms. The second-order valence-electron chi connectivity index (χ2n) is 4.20. The molecule has 2 unspecified atom stereocenters. The van der Waals surface area contributed by atoms with Crippen LogP contribution in [-0.2, 0) is 0 Å². The van der Waals surface area contributed by atoms with Crippen molar-refractivity contribution in [2.24, 2.45) is 0 Å². The monoisotopic (exact) mass is 478 g/mol. The van der Waals surface area contributed by atoms with Crippen molar-refractivity contribution in [3.63, 3.8) is 0 Å². The summed E-state index contributed by atoms with van der Waals surface area (Å²) >= 11 is 5.58. The van der Waals surface area contributed by atoms with E-state index in [0.717, 1.165) is 17.4 Å². The molecule has 140 valence electrons. The van der Waals surface area contributed by atoms with Crippen LogP contribution in [0, 0.1) is 0 Å². The molecule has 0 saturated carbocycles. The van der Waals surface area contributed by atoms with Gasteiger partial charge < -0.3 is 20.4 Å². The summed E-state index contributed by atoms with van der Waals surface area (Å²) in [6, 6.07) is 0. The molecule has 0 radical (unpaired) electrons. The summed E-state index contributed by atoms with van der Waals surface area (Å²) in [7, 11) is 4.43. The van der Waals surface area contributed by atoms with Crippen LogP contribution < -0.4 is 0 Å². The number of aliphatic hydroxyl groups excluding tert-OH is 4. The number of nitrogens with zero attached hydrogens (tertiary/aromatic N) is 4. The van der Waals surface area contributed by atoms with Gasteiger partial charge in [-0.3, -0.25) is 0 Å². The molecule has 2 atom stereocenters. The molecule has 2 aromatic heterocycles. The van der Waals surface area contributed by atoms with Crippen LogP contribution in [0.15, 0.2) is 17.4 Å². The average Bonchev–Trinajstić information content (AvgIpc) is 3.27. The van der Waals surface area contributed by atoms with E-state index in [1.54, 1.807) is 0 Å². The third-order valence-corrected chi connectivity index (χ3v) is 11.0. The van der Waals surface area contributed by atoms with Crippen LogP contribution in [0.3, 0.4) is 0 Å². The summed E-state index contributed by atoms with van der Waals surface area (Å²) in [5.74, 6) is 0.766. The Bertz CT molecular complexity index is 578. The minimum atomic E-state index is -0.752. The van der Waals surface area contributed by atoms with E-state index in [1.165, 1.54) is 77.6 Å². The predicted molar refractivity (Wildman–Crippen MR) is 107 cm³/mol. The van der Waals surface area contributed by atoms with Gasteiger partial charge in [0.05, 0.1) is 25.4 Å². The minimum absolute atomic E-state index is 0.263. The standard InChI is InChI=1S/C10H14N4O4S7/c15-1-5(17)3-19-7-11-13-9(21-7)23-25-24-10-14-12-8(22-10)20-4-6(18)2-16/h5-6,15-18H,1-4H2. The molecule has 25 heavy (non-hydrogen) atoms. The van der Waals surface area contributed by atoms with E-state index < -0.39 is 12.2 Å². The average molecular weight is 479 g/mol. The highest BCUT2D eigenvalue weighted by Gasteiger charge is 2.12. The molecule has 2 heterocycles. The van der Waals surface area contributed by atoms with E-state index >= 15 is 0 Å². The molecular weight excluding hydrogens is 465 g/mol. The highest BCUT2D eigenvalue weighted by atomic mass is 33.5. The third-order valence-electron chi connectivity index (χ3n) is 2.21. The first-order valence-electron chi connectivity index (χ1n) is 6.62. The van der Waals surface area contributed by atoms with E-state index in [4.69, 9.17) is 10.2 Å². The molecule has 0 fully saturated rings. The van der Waals surface area contributed by atoms with E-state index in [2.05, 4.69) is 20.4 Å². The normalized spacial score (nSPS) is 13.9. The second kappa shape index (κ2) is 12.2. The van der Waals surface area contributed by atoms with Crippen molar-refractivity contribution >= 4 is 77.6 Å². The maximum absolute atomic E-state index is 9.31. The van der Waals surface area contributed by atoms with Crippen LogP contribution in [-0.4, -0.2) is 77.7 Å². The quantitative estimate of drug-likeness (QED) is 0.261. The number of thioether (sulfide) groups is 2. The fourth-order valence-electron chi connectivity index (χ4n) is 1.09. The lowest BCUT2D eigenvalue weighted by Crippen LogP contribution is -2.14. The number of hydrogen-bond donors (Lipinski definition) is 4. The van der Waals surface area contributed by atoms with Gasteiger partial charge in [0.25, 0.3) is 0 Å². The van der Waals surface area contributed by atoms with Gasteiger partial charge in [0.2, 0.25) is 0 Å². The van der Waals surface area contributed by atoms with Gasteiger partial charge >= 0.3 is 0 Å². The molecular formula is C10H14N4O4S7. The maximum atomic E-state index is 9.31. The summed E-state index contributed by atoms with van der Waals surface area (Å²) < 4.78 is 3.09. The Morgan fingerprint density at radius 2 is 1.12 bits per heavy atom. The van der Waals surface area contributed by atoms with Crippen molar-refractivity contribution < 1.29 is 20.4 Å². The smallest absolute Gasteiger partial charge is 0.186 e. The number of hydrogen-bond acceptors (Lipinski definition) is 15. The van der Waals surface area contributed by atoms with E-state index in [9.17, 15) is 10.2 Å².